The first-order chi connectivity index (χ1) is 13.1. The SMILES string of the molecule is O=C(Cc1[nH]nc2ccccc12)N1CC2CC2(CNC(=O)C2(CO)CC2)C1. The second kappa shape index (κ2) is 5.79. The van der Waals surface area contributed by atoms with E-state index < -0.39 is 5.41 Å². The van der Waals surface area contributed by atoms with E-state index in [1.54, 1.807) is 0 Å². The van der Waals surface area contributed by atoms with E-state index in [4.69, 9.17) is 0 Å². The molecule has 3 fully saturated rings. The van der Waals surface area contributed by atoms with Gasteiger partial charge in [-0.15, -0.1) is 0 Å². The van der Waals surface area contributed by atoms with Crippen LogP contribution in [0.1, 0.15) is 25.0 Å². The molecule has 1 aromatic carbocycles. The van der Waals surface area contributed by atoms with Gasteiger partial charge in [-0.05, 0) is 31.2 Å². The molecule has 2 heterocycles. The van der Waals surface area contributed by atoms with Crippen LogP contribution in [-0.4, -0.2) is 58.3 Å². The molecule has 7 heteroatoms. The Morgan fingerprint density at radius 1 is 1.33 bits per heavy atom. The highest BCUT2D eigenvalue weighted by molar-refractivity contribution is 5.88. The van der Waals surface area contributed by atoms with Crippen molar-refractivity contribution in [2.75, 3.05) is 26.2 Å². The summed E-state index contributed by atoms with van der Waals surface area (Å²) < 4.78 is 0. The van der Waals surface area contributed by atoms with Crippen LogP contribution < -0.4 is 5.32 Å². The minimum absolute atomic E-state index is 0.0290. The average molecular weight is 368 g/mol. The van der Waals surface area contributed by atoms with Crippen LogP contribution in [0.2, 0.25) is 0 Å². The molecule has 2 unspecified atom stereocenters. The number of aliphatic hydroxyl groups is 1. The standard InChI is InChI=1S/C20H24N4O3/c25-12-19(5-6-19)18(27)21-10-20-8-13(20)9-24(11-20)17(26)7-16-14-3-1-2-4-15(14)22-23-16/h1-4,13,25H,5-12H2,(H,21,27)(H,22,23). The van der Waals surface area contributed by atoms with Crippen LogP contribution in [0.3, 0.4) is 0 Å². The van der Waals surface area contributed by atoms with Crippen molar-refractivity contribution in [1.82, 2.24) is 20.4 Å². The summed E-state index contributed by atoms with van der Waals surface area (Å²) in [5, 5.41) is 20.7. The number of aromatic amines is 1. The topological polar surface area (TPSA) is 98.3 Å². The molecule has 1 saturated heterocycles. The molecular weight excluding hydrogens is 344 g/mol. The minimum atomic E-state index is -0.531. The number of rotatable bonds is 6. The molecule has 142 valence electrons. The van der Waals surface area contributed by atoms with Gasteiger partial charge in [0.2, 0.25) is 11.8 Å². The number of amides is 2. The zero-order valence-electron chi connectivity index (χ0n) is 15.2. The summed E-state index contributed by atoms with van der Waals surface area (Å²) in [6.45, 7) is 2.01. The lowest BCUT2D eigenvalue weighted by Crippen LogP contribution is -2.40. The van der Waals surface area contributed by atoms with Crippen molar-refractivity contribution in [3.63, 3.8) is 0 Å². The molecule has 2 amide bonds. The van der Waals surface area contributed by atoms with Crippen molar-refractivity contribution >= 4 is 22.7 Å². The Morgan fingerprint density at radius 2 is 2.15 bits per heavy atom. The number of carbonyl (C=O) groups is 2. The molecule has 1 aromatic heterocycles. The fourth-order valence-corrected chi connectivity index (χ4v) is 4.52. The van der Waals surface area contributed by atoms with Crippen molar-refractivity contribution in [3.05, 3.63) is 30.0 Å². The van der Waals surface area contributed by atoms with E-state index in [9.17, 15) is 14.7 Å². The summed E-state index contributed by atoms with van der Waals surface area (Å²) in [5.74, 6) is 0.555. The van der Waals surface area contributed by atoms with Gasteiger partial charge in [0, 0.05) is 30.4 Å². The lowest BCUT2D eigenvalue weighted by molar-refractivity contribution is -0.130. The molecule has 1 aliphatic heterocycles. The first-order valence-corrected chi connectivity index (χ1v) is 9.64. The highest BCUT2D eigenvalue weighted by Gasteiger charge is 2.61. The number of hydrogen-bond acceptors (Lipinski definition) is 4. The molecule has 2 atom stereocenters. The first kappa shape index (κ1) is 16.7. The molecule has 27 heavy (non-hydrogen) atoms. The quantitative estimate of drug-likeness (QED) is 0.704. The zero-order valence-corrected chi connectivity index (χ0v) is 15.2. The van der Waals surface area contributed by atoms with Crippen molar-refractivity contribution < 1.29 is 14.7 Å². The summed E-state index contributed by atoms with van der Waals surface area (Å²) in [5.41, 5.74) is 1.24. The van der Waals surface area contributed by atoms with Gasteiger partial charge < -0.3 is 15.3 Å². The number of likely N-dealkylation sites (tertiary alicyclic amines) is 1. The third-order valence-corrected chi connectivity index (χ3v) is 6.77. The van der Waals surface area contributed by atoms with Crippen LogP contribution in [0.15, 0.2) is 24.3 Å². The van der Waals surface area contributed by atoms with Crippen LogP contribution in [0.25, 0.3) is 10.9 Å². The third kappa shape index (κ3) is 2.72. The zero-order chi connectivity index (χ0) is 18.6. The largest absolute Gasteiger partial charge is 0.395 e. The number of nitrogens with zero attached hydrogens (tertiary/aromatic N) is 2. The van der Waals surface area contributed by atoms with E-state index in [-0.39, 0.29) is 23.8 Å². The van der Waals surface area contributed by atoms with Crippen LogP contribution in [0, 0.1) is 16.7 Å². The molecule has 2 aliphatic carbocycles. The molecule has 7 nitrogen and oxygen atoms in total. The Labute approximate surface area is 157 Å². The van der Waals surface area contributed by atoms with E-state index in [0.29, 0.717) is 25.4 Å². The third-order valence-electron chi connectivity index (χ3n) is 6.77. The van der Waals surface area contributed by atoms with E-state index in [1.165, 1.54) is 0 Å². The van der Waals surface area contributed by atoms with Gasteiger partial charge in [-0.25, -0.2) is 0 Å². The summed E-state index contributed by atoms with van der Waals surface area (Å²) in [6.07, 6.45) is 2.93. The second-order valence-corrected chi connectivity index (χ2v) is 8.55. The number of benzene rings is 1. The first-order valence-electron chi connectivity index (χ1n) is 9.64. The maximum absolute atomic E-state index is 12.8. The average Bonchev–Trinajstić information content (AvgIpc) is 3.55. The highest BCUT2D eigenvalue weighted by atomic mass is 16.3. The van der Waals surface area contributed by atoms with Gasteiger partial charge in [-0.3, -0.25) is 14.7 Å². The Morgan fingerprint density at radius 3 is 2.93 bits per heavy atom. The number of aromatic nitrogens is 2. The van der Waals surface area contributed by atoms with Gasteiger partial charge in [0.05, 0.1) is 29.7 Å². The number of H-pyrrole nitrogens is 1. The molecule has 0 spiro atoms. The monoisotopic (exact) mass is 368 g/mol. The van der Waals surface area contributed by atoms with Crippen molar-refractivity contribution in [2.24, 2.45) is 16.7 Å². The van der Waals surface area contributed by atoms with Crippen LogP contribution in [0.5, 0.6) is 0 Å². The molecule has 2 aromatic rings. The van der Waals surface area contributed by atoms with Crippen molar-refractivity contribution in [2.45, 2.75) is 25.7 Å². The Bertz CT molecular complexity index is 919. The van der Waals surface area contributed by atoms with Gasteiger partial charge >= 0.3 is 0 Å². The smallest absolute Gasteiger partial charge is 0.228 e. The maximum atomic E-state index is 12.8. The maximum Gasteiger partial charge on any atom is 0.228 e. The summed E-state index contributed by atoms with van der Waals surface area (Å²) in [6, 6.07) is 7.80. The number of fused-ring (bicyclic) bond motifs is 2. The molecule has 3 aliphatic rings. The molecule has 5 rings (SSSR count). The van der Waals surface area contributed by atoms with Crippen molar-refractivity contribution in [1.29, 1.82) is 0 Å². The highest BCUT2D eigenvalue weighted by Crippen LogP contribution is 2.57. The fraction of sp³-hybridized carbons (Fsp3) is 0.550. The number of carbonyl (C=O) groups excluding carboxylic acids is 2. The van der Waals surface area contributed by atoms with E-state index >= 15 is 0 Å². The van der Waals surface area contributed by atoms with E-state index in [1.807, 2.05) is 29.2 Å². The van der Waals surface area contributed by atoms with Crippen LogP contribution >= 0.6 is 0 Å². The summed E-state index contributed by atoms with van der Waals surface area (Å²) in [4.78, 5) is 27.0. The lowest BCUT2D eigenvalue weighted by atomic mass is 10.0. The van der Waals surface area contributed by atoms with Crippen LogP contribution in [-0.2, 0) is 16.0 Å². The van der Waals surface area contributed by atoms with Gasteiger partial charge in [-0.2, -0.15) is 5.10 Å². The van der Waals surface area contributed by atoms with Gasteiger partial charge in [-0.1, -0.05) is 18.2 Å². The normalized spacial score (nSPS) is 27.4. The van der Waals surface area contributed by atoms with Gasteiger partial charge in [0.15, 0.2) is 0 Å². The molecule has 3 N–H and O–H groups in total. The molecule has 0 bridgehead atoms. The van der Waals surface area contributed by atoms with Gasteiger partial charge in [0.25, 0.3) is 0 Å². The number of hydrogen-bond donors (Lipinski definition) is 3. The Hall–Kier alpha value is -2.41. The van der Waals surface area contributed by atoms with Gasteiger partial charge in [0.1, 0.15) is 0 Å². The second-order valence-electron chi connectivity index (χ2n) is 8.55. The lowest BCUT2D eigenvalue weighted by Gasteiger charge is -2.22. The van der Waals surface area contributed by atoms with Crippen LogP contribution in [0.4, 0.5) is 0 Å². The minimum Gasteiger partial charge on any atom is -0.395 e. The number of para-hydroxylation sites is 1. The predicted molar refractivity (Wildman–Crippen MR) is 98.7 cm³/mol. The summed E-state index contributed by atoms with van der Waals surface area (Å²) >= 11 is 0. The Kier molecular flexibility index (Phi) is 3.59. The fourth-order valence-electron chi connectivity index (χ4n) is 4.52. The molecular formula is C20H24N4O3. The molecule has 0 radical (unpaired) electrons. The Balaban J connectivity index is 1.20. The summed E-state index contributed by atoms with van der Waals surface area (Å²) in [7, 11) is 0. The van der Waals surface area contributed by atoms with E-state index in [2.05, 4.69) is 15.5 Å². The number of nitrogens with one attached hydrogen (secondary N) is 2. The van der Waals surface area contributed by atoms with E-state index in [0.717, 1.165) is 42.4 Å². The molecule has 2 saturated carbocycles. The van der Waals surface area contributed by atoms with Crippen molar-refractivity contribution in [3.8, 4) is 0 Å². The number of aliphatic hydroxyl groups excluding tert-OH is 1. The number of piperidine rings is 1. The predicted octanol–water partition coefficient (Wildman–Crippen LogP) is 0.843.